The van der Waals surface area contributed by atoms with Gasteiger partial charge in [-0.1, -0.05) is 12.1 Å². The Balaban J connectivity index is 2.11. The van der Waals surface area contributed by atoms with E-state index in [-0.39, 0.29) is 18.2 Å². The molecule has 4 N–H and O–H groups in total. The Morgan fingerprint density at radius 2 is 1.94 bits per heavy atom. The molecule has 1 aromatic rings. The number of fused-ring (bicyclic) bond motifs is 1. The summed E-state index contributed by atoms with van der Waals surface area (Å²) in [4.78, 5) is 12.3. The molecule has 31 heavy (non-hydrogen) atoms. The first-order valence-electron chi connectivity index (χ1n) is 10.2. The second-order valence-electron chi connectivity index (χ2n) is 8.34. The summed E-state index contributed by atoms with van der Waals surface area (Å²) in [6.07, 6.45) is 2.02. The number of rotatable bonds is 5. The van der Waals surface area contributed by atoms with Gasteiger partial charge in [-0.15, -0.1) is 0 Å². The number of primary amides is 1. The molecule has 158 valence electrons. The van der Waals surface area contributed by atoms with Crippen molar-refractivity contribution in [1.82, 2.24) is 0 Å². The van der Waals surface area contributed by atoms with Crippen LogP contribution in [0.3, 0.4) is 0 Å². The Morgan fingerprint density at radius 3 is 2.45 bits per heavy atom. The fourth-order valence-electron chi connectivity index (χ4n) is 4.69. The molecule has 2 aliphatic rings. The van der Waals surface area contributed by atoms with Crippen LogP contribution in [-0.4, -0.2) is 37.4 Å². The van der Waals surface area contributed by atoms with Gasteiger partial charge >= 0.3 is 0 Å². The Morgan fingerprint density at radius 1 is 1.29 bits per heavy atom. The molecule has 1 heterocycles. The highest BCUT2D eigenvalue weighted by atomic mass is 16.5. The van der Waals surface area contributed by atoms with Crippen molar-refractivity contribution in [3.63, 3.8) is 0 Å². The average Bonchev–Trinajstić information content (AvgIpc) is 2.77. The number of hydrogen-bond acceptors (Lipinski definition) is 6. The van der Waals surface area contributed by atoms with Crippen LogP contribution < -0.4 is 15.4 Å². The van der Waals surface area contributed by atoms with Gasteiger partial charge < -0.3 is 20.8 Å². The van der Waals surface area contributed by atoms with Gasteiger partial charge in [0.05, 0.1) is 43.1 Å². The predicted octanol–water partition coefficient (Wildman–Crippen LogP) is 0.691. The molecule has 1 aliphatic carbocycles. The number of hydrogen-bond donors (Lipinski definition) is 3. The largest absolute Gasteiger partial charge is 0.484 e. The van der Waals surface area contributed by atoms with E-state index in [1.165, 1.54) is 4.90 Å². The third kappa shape index (κ3) is 3.77. The van der Waals surface area contributed by atoms with Crippen LogP contribution in [0.5, 0.6) is 5.75 Å². The van der Waals surface area contributed by atoms with Crippen LogP contribution >= 0.6 is 0 Å². The van der Waals surface area contributed by atoms with Gasteiger partial charge in [0.15, 0.2) is 12.0 Å². The maximum absolute atomic E-state index is 11.0. The molecule has 1 amide bonds. The van der Waals surface area contributed by atoms with Crippen LogP contribution in [0.4, 0.5) is 0 Å². The number of ether oxygens (including phenoxy) is 1. The lowest BCUT2D eigenvalue weighted by Crippen LogP contribution is -3.16. The van der Waals surface area contributed by atoms with Crippen molar-refractivity contribution in [3.8, 4) is 24.0 Å². The maximum atomic E-state index is 11.0. The number of nitrogens with one attached hydrogen (secondary N) is 2. The summed E-state index contributed by atoms with van der Waals surface area (Å²) in [5.41, 5.74) is 4.77. The molecule has 4 atom stereocenters. The summed E-state index contributed by atoms with van der Waals surface area (Å²) in [7, 11) is 0. The second-order valence-corrected chi connectivity index (χ2v) is 8.34. The number of carbonyl (C=O) groups is 1. The van der Waals surface area contributed by atoms with Crippen LogP contribution in [0.1, 0.15) is 25.3 Å². The molecule has 1 fully saturated rings. The van der Waals surface area contributed by atoms with Gasteiger partial charge in [0.2, 0.25) is 0 Å². The molecule has 8 heteroatoms. The van der Waals surface area contributed by atoms with E-state index in [1.54, 1.807) is 24.3 Å². The minimum Gasteiger partial charge on any atom is -0.484 e. The number of nitriles is 3. The first-order valence-corrected chi connectivity index (χ1v) is 10.2. The maximum Gasteiger partial charge on any atom is 0.255 e. The van der Waals surface area contributed by atoms with Gasteiger partial charge in [0.1, 0.15) is 11.7 Å². The molecule has 3 rings (SSSR count). The van der Waals surface area contributed by atoms with Gasteiger partial charge in [0, 0.05) is 11.8 Å². The van der Waals surface area contributed by atoms with E-state index >= 15 is 0 Å². The van der Waals surface area contributed by atoms with Gasteiger partial charge in [-0.3, -0.25) is 4.79 Å². The fraction of sp³-hybridized carbons (Fsp3) is 0.435. The third-order valence-corrected chi connectivity index (χ3v) is 6.34. The average molecular weight is 417 g/mol. The number of quaternary nitrogens is 1. The van der Waals surface area contributed by atoms with Crippen molar-refractivity contribution in [2.45, 2.75) is 25.8 Å². The number of amides is 1. The Kier molecular flexibility index (Phi) is 6.11. The van der Waals surface area contributed by atoms with Crippen molar-refractivity contribution in [1.29, 1.82) is 21.2 Å². The van der Waals surface area contributed by atoms with Crippen molar-refractivity contribution in [2.75, 3.05) is 19.7 Å². The molecule has 1 aromatic carbocycles. The van der Waals surface area contributed by atoms with Gasteiger partial charge in [-0.05, 0) is 43.2 Å². The molecule has 0 spiro atoms. The highest BCUT2D eigenvalue weighted by Crippen LogP contribution is 2.52. The molecule has 0 radical (unpaired) electrons. The van der Waals surface area contributed by atoms with Crippen LogP contribution in [0.2, 0.25) is 0 Å². The predicted molar refractivity (Wildman–Crippen MR) is 112 cm³/mol. The summed E-state index contributed by atoms with van der Waals surface area (Å²) in [6.45, 7) is 5.39. The summed E-state index contributed by atoms with van der Waals surface area (Å²) >= 11 is 0. The van der Waals surface area contributed by atoms with E-state index in [4.69, 9.17) is 15.9 Å². The molecule has 0 bridgehead atoms. The van der Waals surface area contributed by atoms with E-state index in [2.05, 4.69) is 32.1 Å². The summed E-state index contributed by atoms with van der Waals surface area (Å²) in [6, 6.07) is 13.5. The lowest BCUT2D eigenvalue weighted by molar-refractivity contribution is -0.920. The highest BCUT2D eigenvalue weighted by Gasteiger charge is 2.58. The number of carbonyl (C=O) groups excluding carboxylic acids is 1. The van der Waals surface area contributed by atoms with Gasteiger partial charge in [-0.25, -0.2) is 0 Å². The molecular weight excluding hydrogens is 392 g/mol. The summed E-state index contributed by atoms with van der Waals surface area (Å²) in [5, 5.41) is 38.6. The smallest absolute Gasteiger partial charge is 0.255 e. The van der Waals surface area contributed by atoms with E-state index < -0.39 is 23.2 Å². The van der Waals surface area contributed by atoms with E-state index in [1.807, 2.05) is 6.08 Å². The zero-order valence-corrected chi connectivity index (χ0v) is 17.6. The van der Waals surface area contributed by atoms with Gasteiger partial charge in [0.25, 0.3) is 5.91 Å². The highest BCUT2D eigenvalue weighted by molar-refractivity contribution is 6.00. The lowest BCUT2D eigenvalue weighted by Gasteiger charge is -2.47. The van der Waals surface area contributed by atoms with Crippen LogP contribution in [-0.2, 0) is 4.79 Å². The van der Waals surface area contributed by atoms with Crippen molar-refractivity contribution in [2.24, 2.45) is 23.0 Å². The lowest BCUT2D eigenvalue weighted by atomic mass is 9.54. The Bertz CT molecular complexity index is 1020. The molecule has 2 unspecified atom stereocenters. The molecule has 8 nitrogen and oxygen atoms in total. The zero-order chi connectivity index (χ0) is 22.8. The quantitative estimate of drug-likeness (QED) is 0.602. The van der Waals surface area contributed by atoms with Crippen LogP contribution in [0.25, 0.3) is 0 Å². The number of benzene rings is 1. The number of nitrogens with zero attached hydrogens (tertiary/aromatic N) is 3. The van der Waals surface area contributed by atoms with E-state index in [0.29, 0.717) is 18.3 Å². The zero-order valence-electron chi connectivity index (χ0n) is 17.6. The molecule has 1 aliphatic heterocycles. The van der Waals surface area contributed by atoms with Crippen molar-refractivity contribution >= 4 is 11.6 Å². The van der Waals surface area contributed by atoms with Crippen molar-refractivity contribution in [3.05, 3.63) is 41.5 Å². The molecule has 0 aromatic heterocycles. The fourth-order valence-corrected chi connectivity index (χ4v) is 4.69. The first-order chi connectivity index (χ1) is 14.8. The Labute approximate surface area is 181 Å². The third-order valence-electron chi connectivity index (χ3n) is 6.34. The van der Waals surface area contributed by atoms with E-state index in [0.717, 1.165) is 17.7 Å². The molecule has 0 saturated heterocycles. The summed E-state index contributed by atoms with van der Waals surface area (Å²) in [5.74, 6) is -1.83. The SMILES string of the molecule is CC(C)[NH+]1CC=C2C(C#N)C(=N)C(C#N)(C#N)[C@H](c3ccc(OCC(N)=O)cc3)[C@H]2C1. The normalized spacial score (nSPS) is 26.6. The van der Waals surface area contributed by atoms with E-state index in [9.17, 15) is 20.6 Å². The number of nitrogens with two attached hydrogens (primary N) is 1. The molecule has 1 saturated carbocycles. The summed E-state index contributed by atoms with van der Waals surface area (Å²) < 4.78 is 5.32. The standard InChI is InChI=1S/C23H24N6O2/c1-14(2)29-8-7-17-18(9-24)22(28)23(12-25,13-26)21(19(17)10-29)15-3-5-16(6-4-15)31-11-20(27)30/h3-7,14,18-19,21,28H,8,10-11H2,1-2H3,(H2,27,30)/p+1/t18?,19-,21+/m0/s1. The topological polar surface area (TPSA) is 152 Å². The van der Waals surface area contributed by atoms with Crippen molar-refractivity contribution < 1.29 is 14.4 Å². The first kappa shape index (κ1) is 22.0. The minimum absolute atomic E-state index is 0.158. The Hall–Kier alpha value is -3.67. The second kappa shape index (κ2) is 8.60. The van der Waals surface area contributed by atoms with Crippen LogP contribution in [0.15, 0.2) is 35.9 Å². The van der Waals surface area contributed by atoms with Gasteiger partial charge in [-0.2, -0.15) is 15.8 Å². The van der Waals surface area contributed by atoms with Crippen LogP contribution in [0, 0.1) is 56.7 Å². The minimum atomic E-state index is -1.74. The molecular formula is C23H25N6O2+. The monoisotopic (exact) mass is 417 g/mol.